The molecule has 1 aliphatic rings. The van der Waals surface area contributed by atoms with Gasteiger partial charge in [-0.2, -0.15) is 0 Å². The van der Waals surface area contributed by atoms with E-state index >= 15 is 0 Å². The Morgan fingerprint density at radius 2 is 1.90 bits per heavy atom. The highest BCUT2D eigenvalue weighted by Gasteiger charge is 2.17. The third-order valence-electron chi connectivity index (χ3n) is 4.47. The quantitative estimate of drug-likeness (QED) is 0.433. The molecule has 31 heavy (non-hydrogen) atoms. The molecule has 2 heterocycles. The van der Waals surface area contributed by atoms with E-state index in [0.29, 0.717) is 47.7 Å². The largest absolute Gasteiger partial charge is 0.486 e. The van der Waals surface area contributed by atoms with Crippen LogP contribution in [0.1, 0.15) is 28.7 Å². The van der Waals surface area contributed by atoms with E-state index < -0.39 is 0 Å². The summed E-state index contributed by atoms with van der Waals surface area (Å²) in [7, 11) is 0. The van der Waals surface area contributed by atoms with Gasteiger partial charge in [-0.25, -0.2) is 4.68 Å². The van der Waals surface area contributed by atoms with Gasteiger partial charge >= 0.3 is 0 Å². The molecule has 0 spiro atoms. The molecule has 0 atom stereocenters. The van der Waals surface area contributed by atoms with Gasteiger partial charge in [-0.3, -0.25) is 15.5 Å². The topological polar surface area (TPSA) is 90.3 Å². The number of fused-ring (bicyclic) bond motifs is 1. The molecular formula is C21H21N5O3S2. The standard InChI is InChI=1S/C21H21N5O3S2/c1-2-18-23-24-21(31-13-14-6-4-3-5-7-14)26(18)25-20(30)22-19(27)15-8-9-16-17(12-15)29-11-10-28-16/h3-9,12H,2,10-11,13H2,1H3,(H2,22,25,27,30). The molecule has 2 N–H and O–H groups in total. The summed E-state index contributed by atoms with van der Waals surface area (Å²) in [5.41, 5.74) is 4.62. The van der Waals surface area contributed by atoms with Crippen molar-refractivity contribution in [3.63, 3.8) is 0 Å². The molecule has 1 amide bonds. The molecule has 1 aromatic heterocycles. The third kappa shape index (κ3) is 5.15. The highest BCUT2D eigenvalue weighted by molar-refractivity contribution is 7.98. The number of carbonyl (C=O) groups excluding carboxylic acids is 1. The number of thiocarbonyl (C=S) groups is 1. The lowest BCUT2D eigenvalue weighted by Gasteiger charge is -2.19. The van der Waals surface area contributed by atoms with E-state index in [1.807, 2.05) is 25.1 Å². The predicted octanol–water partition coefficient (Wildman–Crippen LogP) is 3.16. The Bertz CT molecular complexity index is 1090. The number of nitrogens with one attached hydrogen (secondary N) is 2. The van der Waals surface area contributed by atoms with Crippen molar-refractivity contribution >= 4 is 35.0 Å². The van der Waals surface area contributed by atoms with Crippen molar-refractivity contribution < 1.29 is 14.3 Å². The van der Waals surface area contributed by atoms with Crippen molar-refractivity contribution in [1.82, 2.24) is 20.2 Å². The molecule has 0 fully saturated rings. The molecule has 0 unspecified atom stereocenters. The highest BCUT2D eigenvalue weighted by Crippen LogP contribution is 2.30. The van der Waals surface area contributed by atoms with Crippen LogP contribution >= 0.6 is 24.0 Å². The average Bonchev–Trinajstić information content (AvgIpc) is 3.19. The maximum Gasteiger partial charge on any atom is 0.257 e. The molecule has 0 saturated heterocycles. The van der Waals surface area contributed by atoms with Crippen LogP contribution in [0.15, 0.2) is 53.7 Å². The summed E-state index contributed by atoms with van der Waals surface area (Å²) >= 11 is 6.89. The molecule has 0 aliphatic carbocycles. The number of amides is 1. The van der Waals surface area contributed by atoms with Crippen molar-refractivity contribution in [2.75, 3.05) is 18.6 Å². The van der Waals surface area contributed by atoms with E-state index in [1.54, 1.807) is 22.9 Å². The number of hydrogen-bond donors (Lipinski definition) is 2. The van der Waals surface area contributed by atoms with Gasteiger partial charge < -0.3 is 9.47 Å². The molecule has 160 valence electrons. The van der Waals surface area contributed by atoms with Gasteiger partial charge in [0.15, 0.2) is 22.4 Å². The molecule has 4 rings (SSSR count). The Morgan fingerprint density at radius 1 is 1.13 bits per heavy atom. The number of benzene rings is 2. The minimum absolute atomic E-state index is 0.149. The van der Waals surface area contributed by atoms with Crippen LogP contribution in [0.2, 0.25) is 0 Å². The lowest BCUT2D eigenvalue weighted by molar-refractivity contribution is 0.0976. The number of rotatable bonds is 6. The molecule has 2 aromatic carbocycles. The second-order valence-electron chi connectivity index (χ2n) is 6.62. The Kier molecular flexibility index (Phi) is 6.68. The SMILES string of the molecule is CCc1nnc(SCc2ccccc2)n1NC(=S)NC(=O)c1ccc2c(c1)OCCO2. The van der Waals surface area contributed by atoms with E-state index in [0.717, 1.165) is 5.75 Å². The van der Waals surface area contributed by atoms with E-state index in [9.17, 15) is 4.79 Å². The van der Waals surface area contributed by atoms with Gasteiger partial charge in [0.05, 0.1) is 0 Å². The zero-order valence-electron chi connectivity index (χ0n) is 16.8. The Hall–Kier alpha value is -3.11. The highest BCUT2D eigenvalue weighted by atomic mass is 32.2. The van der Waals surface area contributed by atoms with Crippen LogP contribution in [-0.4, -0.2) is 39.1 Å². The predicted molar refractivity (Wildman–Crippen MR) is 122 cm³/mol. The number of hydrogen-bond acceptors (Lipinski definition) is 7. The fourth-order valence-corrected chi connectivity index (χ4v) is 4.00. The van der Waals surface area contributed by atoms with Crippen LogP contribution in [0.4, 0.5) is 0 Å². The van der Waals surface area contributed by atoms with Crippen LogP contribution in [0.5, 0.6) is 11.5 Å². The Labute approximate surface area is 189 Å². The van der Waals surface area contributed by atoms with Gasteiger partial charge in [-0.05, 0) is 36.0 Å². The van der Waals surface area contributed by atoms with Crippen molar-refractivity contribution in [2.45, 2.75) is 24.3 Å². The van der Waals surface area contributed by atoms with Gasteiger partial charge in [0.1, 0.15) is 13.2 Å². The van der Waals surface area contributed by atoms with Crippen LogP contribution < -0.4 is 20.2 Å². The number of thioether (sulfide) groups is 1. The van der Waals surface area contributed by atoms with Crippen LogP contribution in [0.25, 0.3) is 0 Å². The van der Waals surface area contributed by atoms with Crippen molar-refractivity contribution in [3.05, 3.63) is 65.5 Å². The summed E-state index contributed by atoms with van der Waals surface area (Å²) in [6.07, 6.45) is 0.657. The second kappa shape index (κ2) is 9.80. The Balaban J connectivity index is 1.42. The number of nitrogens with zero attached hydrogens (tertiary/aromatic N) is 3. The summed E-state index contributed by atoms with van der Waals surface area (Å²) in [5, 5.41) is 12.0. The van der Waals surface area contributed by atoms with E-state index in [4.69, 9.17) is 21.7 Å². The van der Waals surface area contributed by atoms with E-state index in [-0.39, 0.29) is 11.0 Å². The van der Waals surface area contributed by atoms with Crippen molar-refractivity contribution in [1.29, 1.82) is 0 Å². The van der Waals surface area contributed by atoms with E-state index in [2.05, 4.69) is 33.1 Å². The first-order valence-corrected chi connectivity index (χ1v) is 11.2. The minimum atomic E-state index is -0.348. The summed E-state index contributed by atoms with van der Waals surface area (Å²) in [4.78, 5) is 12.6. The number of ether oxygens (including phenoxy) is 2. The zero-order chi connectivity index (χ0) is 21.6. The number of aromatic nitrogens is 3. The first-order valence-electron chi connectivity index (χ1n) is 9.77. The van der Waals surface area contributed by atoms with Crippen molar-refractivity contribution in [3.8, 4) is 11.5 Å². The van der Waals surface area contributed by atoms with Crippen LogP contribution in [-0.2, 0) is 12.2 Å². The van der Waals surface area contributed by atoms with Crippen molar-refractivity contribution in [2.24, 2.45) is 0 Å². The smallest absolute Gasteiger partial charge is 0.257 e. The first kappa shape index (κ1) is 21.1. The molecular weight excluding hydrogens is 434 g/mol. The maximum absolute atomic E-state index is 12.6. The average molecular weight is 456 g/mol. The summed E-state index contributed by atoms with van der Waals surface area (Å²) in [6.45, 7) is 2.93. The van der Waals surface area contributed by atoms with Gasteiger partial charge in [0.2, 0.25) is 5.16 Å². The summed E-state index contributed by atoms with van der Waals surface area (Å²) < 4.78 is 12.7. The molecule has 3 aromatic rings. The molecule has 0 bridgehead atoms. The molecule has 8 nitrogen and oxygen atoms in total. The summed E-state index contributed by atoms with van der Waals surface area (Å²) in [6, 6.07) is 15.1. The number of aryl methyl sites for hydroxylation is 1. The molecule has 1 aliphatic heterocycles. The molecule has 10 heteroatoms. The monoisotopic (exact) mass is 455 g/mol. The lowest BCUT2D eigenvalue weighted by atomic mass is 10.2. The zero-order valence-corrected chi connectivity index (χ0v) is 18.5. The van der Waals surface area contributed by atoms with E-state index in [1.165, 1.54) is 17.3 Å². The van der Waals surface area contributed by atoms with Gasteiger partial charge in [-0.1, -0.05) is 49.0 Å². The molecule has 0 saturated carbocycles. The summed E-state index contributed by atoms with van der Waals surface area (Å²) in [5.74, 6) is 2.27. The fraction of sp³-hybridized carbons (Fsp3) is 0.238. The van der Waals surface area contributed by atoms with Gasteiger partial charge in [0.25, 0.3) is 5.91 Å². The number of carbonyl (C=O) groups is 1. The fourth-order valence-electron chi connectivity index (χ4n) is 2.95. The van der Waals surface area contributed by atoms with Gasteiger partial charge in [0, 0.05) is 17.7 Å². The third-order valence-corrected chi connectivity index (χ3v) is 5.67. The first-order chi connectivity index (χ1) is 15.1. The second-order valence-corrected chi connectivity index (χ2v) is 7.97. The van der Waals surface area contributed by atoms with Gasteiger partial charge in [-0.15, -0.1) is 10.2 Å². The molecule has 0 radical (unpaired) electrons. The lowest BCUT2D eigenvalue weighted by Crippen LogP contribution is -2.38. The Morgan fingerprint density at radius 3 is 2.68 bits per heavy atom. The van der Waals surface area contributed by atoms with Crippen LogP contribution in [0.3, 0.4) is 0 Å². The maximum atomic E-state index is 12.6. The van der Waals surface area contributed by atoms with Crippen LogP contribution in [0, 0.1) is 0 Å². The normalized spacial score (nSPS) is 12.3. The minimum Gasteiger partial charge on any atom is -0.486 e.